The first-order valence-electron chi connectivity index (χ1n) is 4.46. The average Bonchev–Trinajstić information content (AvgIpc) is 2.28. The van der Waals surface area contributed by atoms with Crippen LogP contribution in [-0.2, 0) is 0 Å². The van der Waals surface area contributed by atoms with Crippen molar-refractivity contribution in [1.29, 1.82) is 0 Å². The summed E-state index contributed by atoms with van der Waals surface area (Å²) in [5, 5.41) is 13.0. The monoisotopic (exact) mass is 255 g/mol. The Morgan fingerprint density at radius 3 is 2.15 bits per heavy atom. The molecule has 5 heteroatoms. The van der Waals surface area contributed by atoms with Gasteiger partial charge in [0.25, 0.3) is 0 Å². The van der Waals surface area contributed by atoms with Crippen molar-refractivity contribution in [1.82, 2.24) is 5.32 Å². The molecule has 2 aliphatic rings. The fourth-order valence-corrected chi connectivity index (χ4v) is 2.68. The van der Waals surface area contributed by atoms with Gasteiger partial charge in [0, 0.05) is 12.1 Å². The molecular formula is C8H12BrF2NO. The fourth-order valence-electron chi connectivity index (χ4n) is 2.35. The van der Waals surface area contributed by atoms with E-state index in [1.54, 1.807) is 0 Å². The van der Waals surface area contributed by atoms with Crippen molar-refractivity contribution in [3.05, 3.63) is 0 Å². The van der Waals surface area contributed by atoms with Gasteiger partial charge >= 0.3 is 4.83 Å². The molecule has 2 unspecified atom stereocenters. The highest BCUT2D eigenvalue weighted by atomic mass is 79.9. The Hall–Kier alpha value is 0.260. The summed E-state index contributed by atoms with van der Waals surface area (Å²) in [6, 6.07) is 0.124. The fraction of sp³-hybridized carbons (Fsp3) is 1.00. The van der Waals surface area contributed by atoms with Gasteiger partial charge in [0.2, 0.25) is 0 Å². The molecule has 0 saturated carbocycles. The van der Waals surface area contributed by atoms with E-state index < -0.39 is 10.4 Å². The van der Waals surface area contributed by atoms with E-state index in [4.69, 9.17) is 0 Å². The molecule has 2 bridgehead atoms. The molecule has 2 rings (SSSR count). The van der Waals surface area contributed by atoms with Crippen LogP contribution in [0, 0.1) is 0 Å². The number of fused-ring (bicyclic) bond motifs is 2. The van der Waals surface area contributed by atoms with Gasteiger partial charge in [0.15, 0.2) is 0 Å². The molecule has 0 aromatic carbocycles. The van der Waals surface area contributed by atoms with Gasteiger partial charge in [-0.3, -0.25) is 0 Å². The third kappa shape index (κ3) is 1.62. The minimum atomic E-state index is -3.16. The summed E-state index contributed by atoms with van der Waals surface area (Å²) >= 11 is 2.27. The van der Waals surface area contributed by atoms with E-state index >= 15 is 0 Å². The van der Waals surface area contributed by atoms with Gasteiger partial charge in [0.05, 0.1) is 0 Å². The van der Waals surface area contributed by atoms with Crippen molar-refractivity contribution in [3.63, 3.8) is 0 Å². The standard InChI is InChI=1S/C8H12BrF2NO/c9-8(10,11)7(13)3-5-1-2-6(4-7)12-5/h5-6,12-13H,1-4H2. The molecule has 13 heavy (non-hydrogen) atoms. The van der Waals surface area contributed by atoms with Gasteiger partial charge in [-0.1, -0.05) is 0 Å². The summed E-state index contributed by atoms with van der Waals surface area (Å²) in [5.74, 6) is 0. The molecule has 76 valence electrons. The molecule has 2 N–H and O–H groups in total. The number of nitrogens with one attached hydrogen (secondary N) is 1. The summed E-state index contributed by atoms with van der Waals surface area (Å²) in [5.41, 5.74) is -1.86. The molecule has 0 aromatic rings. The maximum atomic E-state index is 13.0. The van der Waals surface area contributed by atoms with Gasteiger partial charge in [-0.05, 0) is 41.6 Å². The molecule has 0 radical (unpaired) electrons. The van der Waals surface area contributed by atoms with E-state index in [1.165, 1.54) is 0 Å². The normalized spacial score (nSPS) is 45.2. The zero-order valence-electron chi connectivity index (χ0n) is 7.06. The maximum Gasteiger partial charge on any atom is 0.329 e. The lowest BCUT2D eigenvalue weighted by Gasteiger charge is -2.39. The van der Waals surface area contributed by atoms with Crippen molar-refractivity contribution in [2.24, 2.45) is 0 Å². The number of rotatable bonds is 1. The number of hydrogen-bond donors (Lipinski definition) is 2. The minimum Gasteiger partial charge on any atom is -0.382 e. The molecule has 0 aromatic heterocycles. The summed E-state index contributed by atoms with van der Waals surface area (Å²) in [4.78, 5) is -3.16. The van der Waals surface area contributed by atoms with Crippen LogP contribution in [0.15, 0.2) is 0 Å². The number of hydrogen-bond acceptors (Lipinski definition) is 2. The van der Waals surface area contributed by atoms with E-state index in [9.17, 15) is 13.9 Å². The van der Waals surface area contributed by atoms with Crippen LogP contribution in [0.3, 0.4) is 0 Å². The largest absolute Gasteiger partial charge is 0.382 e. The van der Waals surface area contributed by atoms with E-state index in [1.807, 2.05) is 0 Å². The highest BCUT2D eigenvalue weighted by Crippen LogP contribution is 2.46. The van der Waals surface area contributed by atoms with Crippen LogP contribution in [0.4, 0.5) is 8.78 Å². The summed E-state index contributed by atoms with van der Waals surface area (Å²) in [6.45, 7) is 0. The highest BCUT2D eigenvalue weighted by Gasteiger charge is 2.56. The first kappa shape index (κ1) is 9.80. The smallest absolute Gasteiger partial charge is 0.329 e. The molecule has 2 fully saturated rings. The van der Waals surface area contributed by atoms with Gasteiger partial charge in [0.1, 0.15) is 5.60 Å². The number of piperidine rings is 1. The lowest BCUT2D eigenvalue weighted by Crippen LogP contribution is -2.55. The average molecular weight is 256 g/mol. The third-order valence-electron chi connectivity index (χ3n) is 3.03. The summed E-state index contributed by atoms with van der Waals surface area (Å²) in [6.07, 6.45) is 2.08. The third-order valence-corrected chi connectivity index (χ3v) is 3.77. The predicted molar refractivity (Wildman–Crippen MR) is 48.0 cm³/mol. The molecule has 0 amide bonds. The van der Waals surface area contributed by atoms with Crippen molar-refractivity contribution in [3.8, 4) is 0 Å². The number of aliphatic hydroxyl groups is 1. The first-order valence-corrected chi connectivity index (χ1v) is 5.25. The Labute approximate surface area is 83.8 Å². The predicted octanol–water partition coefficient (Wildman–Crippen LogP) is 1.62. The topological polar surface area (TPSA) is 32.3 Å². The Kier molecular flexibility index (Phi) is 2.17. The van der Waals surface area contributed by atoms with Crippen LogP contribution >= 0.6 is 15.9 Å². The lowest BCUT2D eigenvalue weighted by molar-refractivity contribution is -0.139. The van der Waals surface area contributed by atoms with Crippen LogP contribution in [0.1, 0.15) is 25.7 Å². The quantitative estimate of drug-likeness (QED) is 0.699. The first-order chi connectivity index (χ1) is 5.91. The molecule has 0 aliphatic carbocycles. The Bertz CT molecular complexity index is 207. The van der Waals surface area contributed by atoms with Crippen molar-refractivity contribution in [2.75, 3.05) is 0 Å². The molecule has 2 atom stereocenters. The number of alkyl halides is 3. The summed E-state index contributed by atoms with van der Waals surface area (Å²) < 4.78 is 26.0. The van der Waals surface area contributed by atoms with E-state index in [0.717, 1.165) is 12.8 Å². The molecule has 0 spiro atoms. The Morgan fingerprint density at radius 1 is 1.31 bits per heavy atom. The van der Waals surface area contributed by atoms with Crippen molar-refractivity contribution in [2.45, 2.75) is 48.2 Å². The van der Waals surface area contributed by atoms with E-state index in [-0.39, 0.29) is 24.9 Å². The highest BCUT2D eigenvalue weighted by molar-refractivity contribution is 9.10. The summed E-state index contributed by atoms with van der Waals surface area (Å²) in [7, 11) is 0. The molecule has 2 heterocycles. The van der Waals surface area contributed by atoms with Gasteiger partial charge in [-0.15, -0.1) is 0 Å². The zero-order chi connectivity index (χ0) is 9.69. The van der Waals surface area contributed by atoms with E-state index in [2.05, 4.69) is 21.2 Å². The molecule has 2 aliphatic heterocycles. The van der Waals surface area contributed by atoms with Crippen LogP contribution in [0.2, 0.25) is 0 Å². The van der Waals surface area contributed by atoms with E-state index in [0.29, 0.717) is 0 Å². The van der Waals surface area contributed by atoms with Crippen LogP contribution in [-0.4, -0.2) is 27.6 Å². The van der Waals surface area contributed by atoms with Gasteiger partial charge in [-0.2, -0.15) is 8.78 Å². The Morgan fingerprint density at radius 2 is 1.77 bits per heavy atom. The van der Waals surface area contributed by atoms with Crippen molar-refractivity contribution < 1.29 is 13.9 Å². The molecular weight excluding hydrogens is 244 g/mol. The maximum absolute atomic E-state index is 13.0. The van der Waals surface area contributed by atoms with Gasteiger partial charge in [-0.25, -0.2) is 0 Å². The van der Waals surface area contributed by atoms with Crippen LogP contribution < -0.4 is 5.32 Å². The zero-order valence-corrected chi connectivity index (χ0v) is 8.65. The SMILES string of the molecule is OC1(C(F)(F)Br)CC2CCC(C1)N2. The second-order valence-corrected chi connectivity index (χ2v) is 5.07. The van der Waals surface area contributed by atoms with Crippen LogP contribution in [0.5, 0.6) is 0 Å². The molecule has 2 saturated heterocycles. The second kappa shape index (κ2) is 2.87. The number of halogens is 3. The minimum absolute atomic E-state index is 0.0622. The lowest BCUT2D eigenvalue weighted by atomic mass is 9.88. The van der Waals surface area contributed by atoms with Crippen LogP contribution in [0.25, 0.3) is 0 Å². The van der Waals surface area contributed by atoms with Gasteiger partial charge < -0.3 is 10.4 Å². The second-order valence-electron chi connectivity index (χ2n) is 4.08. The molecule has 2 nitrogen and oxygen atoms in total. The Balaban J connectivity index is 2.17. The van der Waals surface area contributed by atoms with Crippen molar-refractivity contribution >= 4 is 15.9 Å².